The molecule has 3 aromatic carbocycles. The lowest BCUT2D eigenvalue weighted by Crippen LogP contribution is -2.13. The van der Waals surface area contributed by atoms with Gasteiger partial charge in [0.1, 0.15) is 29.8 Å². The van der Waals surface area contributed by atoms with Crippen LogP contribution in [0.4, 0.5) is 10.1 Å². The molecule has 0 saturated heterocycles. The monoisotopic (exact) mass is 572 g/mol. The molecule has 0 aliphatic carbocycles. The van der Waals surface area contributed by atoms with E-state index in [1.807, 2.05) is 13.0 Å². The van der Waals surface area contributed by atoms with Crippen LogP contribution in [0.2, 0.25) is 0 Å². The van der Waals surface area contributed by atoms with Gasteiger partial charge in [-0.2, -0.15) is 5.26 Å². The maximum Gasteiger partial charge on any atom is 0.266 e. The molecule has 0 spiro atoms. The number of anilines is 1. The Kier molecular flexibility index (Phi) is 8.87. The zero-order valence-electron chi connectivity index (χ0n) is 18.6. The van der Waals surface area contributed by atoms with Crippen molar-refractivity contribution in [1.82, 2.24) is 0 Å². The molecule has 0 fully saturated rings. The van der Waals surface area contributed by atoms with Crippen LogP contribution in [0.25, 0.3) is 6.08 Å². The minimum Gasteiger partial charge on any atom is -0.494 e. The normalized spacial score (nSPS) is 10.9. The summed E-state index contributed by atoms with van der Waals surface area (Å²) in [5, 5.41) is 12.3. The van der Waals surface area contributed by atoms with Crippen LogP contribution >= 0.6 is 22.6 Å². The molecule has 0 heterocycles. The number of ether oxygens (including phenoxy) is 3. The van der Waals surface area contributed by atoms with Crippen molar-refractivity contribution in [2.24, 2.45) is 0 Å². The molecule has 0 atom stereocenters. The number of hydrogen-bond donors (Lipinski definition) is 1. The number of amides is 1. The molecule has 0 aliphatic rings. The first kappa shape index (κ1) is 25.1. The Balaban J connectivity index is 1.81. The molecule has 34 heavy (non-hydrogen) atoms. The molecule has 0 bridgehead atoms. The number of halogens is 2. The van der Waals surface area contributed by atoms with E-state index in [9.17, 15) is 14.4 Å². The first-order chi connectivity index (χ1) is 16.4. The summed E-state index contributed by atoms with van der Waals surface area (Å²) in [6.45, 7) is 2.40. The number of methoxy groups -OCH3 is 1. The predicted molar refractivity (Wildman–Crippen MR) is 136 cm³/mol. The lowest BCUT2D eigenvalue weighted by molar-refractivity contribution is -0.112. The summed E-state index contributed by atoms with van der Waals surface area (Å²) in [4.78, 5) is 12.7. The van der Waals surface area contributed by atoms with Crippen molar-refractivity contribution in [1.29, 1.82) is 5.26 Å². The van der Waals surface area contributed by atoms with Gasteiger partial charge in [0.2, 0.25) is 0 Å². The van der Waals surface area contributed by atoms with Gasteiger partial charge in [0.25, 0.3) is 5.91 Å². The molecule has 1 N–H and O–H groups in total. The molecule has 6 nitrogen and oxygen atoms in total. The Morgan fingerprint density at radius 2 is 1.94 bits per heavy atom. The molecule has 1 amide bonds. The van der Waals surface area contributed by atoms with E-state index in [4.69, 9.17) is 14.2 Å². The fourth-order valence-corrected chi connectivity index (χ4v) is 3.85. The highest BCUT2D eigenvalue weighted by molar-refractivity contribution is 14.1. The lowest BCUT2D eigenvalue weighted by atomic mass is 10.1. The quantitative estimate of drug-likeness (QED) is 0.195. The van der Waals surface area contributed by atoms with Crippen LogP contribution in [0.15, 0.2) is 66.2 Å². The van der Waals surface area contributed by atoms with Crippen LogP contribution in [0, 0.1) is 20.7 Å². The third-order valence-corrected chi connectivity index (χ3v) is 5.46. The molecule has 0 radical (unpaired) electrons. The molecule has 0 unspecified atom stereocenters. The van der Waals surface area contributed by atoms with Gasteiger partial charge in [0.05, 0.1) is 17.3 Å². The number of hydrogen-bond acceptors (Lipinski definition) is 5. The average molecular weight is 572 g/mol. The van der Waals surface area contributed by atoms with Crippen molar-refractivity contribution in [2.75, 3.05) is 19.0 Å². The fraction of sp³-hybridized carbons (Fsp3) is 0.154. The maximum atomic E-state index is 13.9. The number of carbonyl (C=O) groups excluding carboxylic acids is 1. The summed E-state index contributed by atoms with van der Waals surface area (Å²) in [7, 11) is 1.48. The van der Waals surface area contributed by atoms with E-state index in [-0.39, 0.29) is 18.0 Å². The SMILES string of the molecule is CCOc1cccc(NC(=O)/C(C#N)=C\c2cc(I)c(OCc3ccccc3F)c(OC)c2)c1. The summed E-state index contributed by atoms with van der Waals surface area (Å²) < 4.78 is 31.3. The molecule has 0 aliphatic heterocycles. The van der Waals surface area contributed by atoms with Crippen LogP contribution in [0.3, 0.4) is 0 Å². The molecule has 3 rings (SSSR count). The van der Waals surface area contributed by atoms with Crippen LogP contribution < -0.4 is 19.5 Å². The fourth-order valence-electron chi connectivity index (χ4n) is 3.07. The van der Waals surface area contributed by atoms with Crippen molar-refractivity contribution < 1.29 is 23.4 Å². The van der Waals surface area contributed by atoms with Gasteiger partial charge >= 0.3 is 0 Å². The highest BCUT2D eigenvalue weighted by Crippen LogP contribution is 2.35. The number of rotatable bonds is 9. The maximum absolute atomic E-state index is 13.9. The van der Waals surface area contributed by atoms with E-state index in [0.717, 1.165) is 0 Å². The molecule has 3 aromatic rings. The Morgan fingerprint density at radius 3 is 2.65 bits per heavy atom. The largest absolute Gasteiger partial charge is 0.494 e. The number of nitrogens with zero attached hydrogens (tertiary/aromatic N) is 1. The van der Waals surface area contributed by atoms with Crippen molar-refractivity contribution in [3.63, 3.8) is 0 Å². The van der Waals surface area contributed by atoms with Crippen molar-refractivity contribution in [3.8, 4) is 23.3 Å². The van der Waals surface area contributed by atoms with E-state index >= 15 is 0 Å². The van der Waals surface area contributed by atoms with E-state index in [1.165, 1.54) is 19.3 Å². The van der Waals surface area contributed by atoms with Crippen molar-refractivity contribution in [3.05, 3.63) is 86.8 Å². The second kappa shape index (κ2) is 12.0. The van der Waals surface area contributed by atoms with E-state index in [0.29, 0.717) is 44.2 Å². The number of benzene rings is 3. The van der Waals surface area contributed by atoms with E-state index in [2.05, 4.69) is 27.9 Å². The molecule has 174 valence electrons. The van der Waals surface area contributed by atoms with Crippen LogP contribution in [0.1, 0.15) is 18.1 Å². The summed E-state index contributed by atoms with van der Waals surface area (Å²) >= 11 is 2.07. The number of nitriles is 1. The first-order valence-corrected chi connectivity index (χ1v) is 11.4. The van der Waals surface area contributed by atoms with Crippen molar-refractivity contribution in [2.45, 2.75) is 13.5 Å². The van der Waals surface area contributed by atoms with Gasteiger partial charge in [-0.15, -0.1) is 0 Å². The topological polar surface area (TPSA) is 80.6 Å². The Labute approximate surface area is 211 Å². The molecule has 0 aromatic heterocycles. The Morgan fingerprint density at radius 1 is 1.15 bits per heavy atom. The summed E-state index contributed by atoms with van der Waals surface area (Å²) in [6, 6.07) is 18.6. The standard InChI is InChI=1S/C26H22FIN2O4/c1-3-33-21-9-6-8-20(14-21)30-26(31)19(15-29)11-17-12-23(28)25(24(13-17)32-2)34-16-18-7-4-5-10-22(18)27/h4-14H,3,16H2,1-2H3,(H,30,31)/b19-11-. The molecular formula is C26H22FIN2O4. The molecular weight excluding hydrogens is 550 g/mol. The second-order valence-corrected chi connectivity index (χ2v) is 8.16. The van der Waals surface area contributed by atoms with Gasteiger partial charge in [0, 0.05) is 17.3 Å². The third kappa shape index (κ3) is 6.48. The summed E-state index contributed by atoms with van der Waals surface area (Å²) in [5.41, 5.74) is 1.43. The van der Waals surface area contributed by atoms with Crippen molar-refractivity contribution >= 4 is 40.3 Å². The minimum atomic E-state index is -0.551. The lowest BCUT2D eigenvalue weighted by Gasteiger charge is -2.14. The molecule has 8 heteroatoms. The van der Waals surface area contributed by atoms with Gasteiger partial charge in [-0.25, -0.2) is 4.39 Å². The van der Waals surface area contributed by atoms with E-state index in [1.54, 1.807) is 54.6 Å². The minimum absolute atomic E-state index is 0.0287. The zero-order chi connectivity index (χ0) is 24.5. The van der Waals surface area contributed by atoms with Gasteiger partial charge < -0.3 is 19.5 Å². The van der Waals surface area contributed by atoms with Gasteiger partial charge in [-0.05, 0) is 71.5 Å². The second-order valence-electron chi connectivity index (χ2n) is 7.00. The third-order valence-electron chi connectivity index (χ3n) is 4.66. The smallest absolute Gasteiger partial charge is 0.266 e. The van der Waals surface area contributed by atoms with Gasteiger partial charge in [0.15, 0.2) is 11.5 Å². The molecule has 0 saturated carbocycles. The highest BCUT2D eigenvalue weighted by Gasteiger charge is 2.15. The number of nitrogens with one attached hydrogen (secondary N) is 1. The highest BCUT2D eigenvalue weighted by atomic mass is 127. The zero-order valence-corrected chi connectivity index (χ0v) is 20.8. The predicted octanol–water partition coefficient (Wildman–Crippen LogP) is 5.96. The van der Waals surface area contributed by atoms with Crippen LogP contribution in [-0.4, -0.2) is 19.6 Å². The van der Waals surface area contributed by atoms with Gasteiger partial charge in [-0.3, -0.25) is 4.79 Å². The van der Waals surface area contributed by atoms with Crippen LogP contribution in [-0.2, 0) is 11.4 Å². The summed E-state index contributed by atoms with van der Waals surface area (Å²) in [5.74, 6) is 0.557. The Bertz CT molecular complexity index is 1250. The van der Waals surface area contributed by atoms with Gasteiger partial charge in [-0.1, -0.05) is 24.3 Å². The summed E-state index contributed by atoms with van der Waals surface area (Å²) in [6.07, 6.45) is 1.47. The Hall–Kier alpha value is -3.58. The van der Waals surface area contributed by atoms with E-state index < -0.39 is 5.91 Å². The first-order valence-electron chi connectivity index (χ1n) is 10.3. The number of carbonyl (C=O) groups is 1. The average Bonchev–Trinajstić information content (AvgIpc) is 2.83. The van der Waals surface area contributed by atoms with Crippen LogP contribution in [0.5, 0.6) is 17.2 Å².